The number of Topliss-reactive ketones (excluding diaryl/α,β-unsaturated/α-hetero) is 1. The lowest BCUT2D eigenvalue weighted by Gasteiger charge is -2.35. The van der Waals surface area contributed by atoms with E-state index in [2.05, 4.69) is 4.74 Å². The van der Waals surface area contributed by atoms with Gasteiger partial charge in [0.15, 0.2) is 0 Å². The van der Waals surface area contributed by atoms with E-state index in [9.17, 15) is 19.2 Å². The number of piperidine rings is 1. The van der Waals surface area contributed by atoms with Crippen LogP contribution in [0.4, 0.5) is 4.79 Å². The first kappa shape index (κ1) is 21.9. The molecule has 1 amide bonds. The van der Waals surface area contributed by atoms with Crippen LogP contribution in [0.15, 0.2) is 30.3 Å². The van der Waals surface area contributed by atoms with Crippen molar-refractivity contribution in [1.82, 2.24) is 4.90 Å². The monoisotopic (exact) mass is 409 g/mol. The standard InChI is InChI=1S/C20H24ClNO6/c1-20(2,13-28-19(21)26)16(23)17(24)22-11-7-6-10-15(22)18(25)27-12-14-8-4-3-5-9-14/h3-5,8-9,15H,6-7,10-13H2,1-2H3/t15-/m0/s1. The summed E-state index contributed by atoms with van der Waals surface area (Å²) in [5.41, 5.74) is -1.46. The van der Waals surface area contributed by atoms with Crippen molar-refractivity contribution in [3.8, 4) is 0 Å². The number of halogens is 1. The molecule has 0 radical (unpaired) electrons. The van der Waals surface area contributed by atoms with E-state index in [1.54, 1.807) is 0 Å². The fraction of sp³-hybridized carbons (Fsp3) is 0.500. The van der Waals surface area contributed by atoms with E-state index in [1.807, 2.05) is 30.3 Å². The highest BCUT2D eigenvalue weighted by atomic mass is 35.5. The van der Waals surface area contributed by atoms with Crippen molar-refractivity contribution in [2.45, 2.75) is 45.8 Å². The molecule has 1 atom stereocenters. The number of hydrogen-bond acceptors (Lipinski definition) is 6. The third-order valence-electron chi connectivity index (χ3n) is 4.62. The van der Waals surface area contributed by atoms with Crippen molar-refractivity contribution in [2.24, 2.45) is 5.41 Å². The molecule has 7 nitrogen and oxygen atoms in total. The van der Waals surface area contributed by atoms with Crippen LogP contribution in [0.25, 0.3) is 0 Å². The summed E-state index contributed by atoms with van der Waals surface area (Å²) < 4.78 is 10.0. The Labute approximate surface area is 168 Å². The second-order valence-corrected chi connectivity index (χ2v) is 7.65. The molecule has 0 aromatic heterocycles. The molecule has 1 aliphatic heterocycles. The quantitative estimate of drug-likeness (QED) is 0.390. The van der Waals surface area contributed by atoms with Gasteiger partial charge < -0.3 is 14.4 Å². The zero-order valence-electron chi connectivity index (χ0n) is 16.0. The molecule has 2 rings (SSSR count). The van der Waals surface area contributed by atoms with Gasteiger partial charge in [0.05, 0.1) is 5.41 Å². The average Bonchev–Trinajstić information content (AvgIpc) is 2.70. The first-order chi connectivity index (χ1) is 13.2. The van der Waals surface area contributed by atoms with Crippen molar-refractivity contribution in [3.05, 3.63) is 35.9 Å². The lowest BCUT2D eigenvalue weighted by atomic mass is 9.87. The normalized spacial score (nSPS) is 17.0. The molecule has 0 unspecified atom stereocenters. The van der Waals surface area contributed by atoms with E-state index in [1.165, 1.54) is 18.7 Å². The number of ether oxygens (including phenoxy) is 2. The van der Waals surface area contributed by atoms with Crippen LogP contribution in [-0.2, 0) is 30.5 Å². The Morgan fingerprint density at radius 3 is 2.43 bits per heavy atom. The molecule has 1 aromatic rings. The molecule has 0 bridgehead atoms. The highest BCUT2D eigenvalue weighted by molar-refractivity contribution is 6.61. The van der Waals surface area contributed by atoms with E-state index in [0.717, 1.165) is 12.0 Å². The van der Waals surface area contributed by atoms with Crippen LogP contribution in [0.2, 0.25) is 0 Å². The van der Waals surface area contributed by atoms with E-state index in [4.69, 9.17) is 16.3 Å². The van der Waals surface area contributed by atoms with E-state index in [0.29, 0.717) is 19.4 Å². The summed E-state index contributed by atoms with van der Waals surface area (Å²) in [5, 5.41) is 0. The lowest BCUT2D eigenvalue weighted by molar-refractivity contribution is -0.162. The van der Waals surface area contributed by atoms with Crippen LogP contribution in [0.5, 0.6) is 0 Å². The summed E-state index contributed by atoms with van der Waals surface area (Å²) in [6, 6.07) is 8.41. The minimum Gasteiger partial charge on any atom is -0.459 e. The van der Waals surface area contributed by atoms with Gasteiger partial charge in [-0.1, -0.05) is 30.3 Å². The van der Waals surface area contributed by atoms with Gasteiger partial charge in [0, 0.05) is 18.1 Å². The van der Waals surface area contributed by atoms with Gasteiger partial charge in [0.2, 0.25) is 5.78 Å². The number of carbonyl (C=O) groups excluding carboxylic acids is 4. The summed E-state index contributed by atoms with van der Waals surface area (Å²) in [4.78, 5) is 50.0. The Kier molecular flexibility index (Phi) is 7.57. The molecule has 1 aromatic carbocycles. The number of rotatable bonds is 7. The molecule has 28 heavy (non-hydrogen) atoms. The minimum atomic E-state index is -1.25. The summed E-state index contributed by atoms with van der Waals surface area (Å²) >= 11 is 5.14. The van der Waals surface area contributed by atoms with Crippen molar-refractivity contribution in [2.75, 3.05) is 13.2 Å². The second-order valence-electron chi connectivity index (χ2n) is 7.34. The summed E-state index contributed by atoms with van der Waals surface area (Å²) in [6.07, 6.45) is 1.89. The fourth-order valence-electron chi connectivity index (χ4n) is 2.97. The predicted octanol–water partition coefficient (Wildman–Crippen LogP) is 3.08. The predicted molar refractivity (Wildman–Crippen MR) is 102 cm³/mol. The Morgan fingerprint density at radius 1 is 1.11 bits per heavy atom. The summed E-state index contributed by atoms with van der Waals surface area (Å²) in [5.74, 6) is -2.06. The van der Waals surface area contributed by atoms with Crippen LogP contribution in [-0.4, -0.2) is 47.2 Å². The molecule has 152 valence electrons. The highest BCUT2D eigenvalue weighted by Crippen LogP contribution is 2.24. The van der Waals surface area contributed by atoms with Gasteiger partial charge in [-0.05, 0) is 38.7 Å². The molecule has 0 aliphatic carbocycles. The van der Waals surface area contributed by atoms with Crippen LogP contribution < -0.4 is 0 Å². The Hall–Kier alpha value is -2.41. The molecule has 1 saturated heterocycles. The average molecular weight is 410 g/mol. The van der Waals surface area contributed by atoms with Gasteiger partial charge in [-0.2, -0.15) is 0 Å². The zero-order valence-corrected chi connectivity index (χ0v) is 16.7. The first-order valence-electron chi connectivity index (χ1n) is 9.10. The maximum absolute atomic E-state index is 12.8. The van der Waals surface area contributed by atoms with E-state index < -0.39 is 34.5 Å². The maximum Gasteiger partial charge on any atom is 0.403 e. The number of likely N-dealkylation sites (tertiary alicyclic amines) is 1. The van der Waals surface area contributed by atoms with E-state index >= 15 is 0 Å². The molecule has 8 heteroatoms. The number of ketones is 1. The van der Waals surface area contributed by atoms with Crippen molar-refractivity contribution in [3.63, 3.8) is 0 Å². The molecule has 0 spiro atoms. The van der Waals surface area contributed by atoms with Crippen LogP contribution in [0.1, 0.15) is 38.7 Å². The molecule has 0 saturated carbocycles. The van der Waals surface area contributed by atoms with Gasteiger partial charge >= 0.3 is 11.4 Å². The molecular weight excluding hydrogens is 386 g/mol. The second kappa shape index (κ2) is 9.68. The Bertz CT molecular complexity index is 733. The van der Waals surface area contributed by atoms with Crippen LogP contribution in [0.3, 0.4) is 0 Å². The minimum absolute atomic E-state index is 0.101. The Balaban J connectivity index is 2.04. The fourth-order valence-corrected chi connectivity index (χ4v) is 3.02. The molecule has 1 aliphatic rings. The Morgan fingerprint density at radius 2 is 1.79 bits per heavy atom. The highest BCUT2D eigenvalue weighted by Gasteiger charge is 2.41. The SMILES string of the molecule is CC(C)(COC(=O)Cl)C(=O)C(=O)N1CCCC[C@H]1C(=O)OCc1ccccc1. The summed E-state index contributed by atoms with van der Waals surface area (Å²) in [7, 11) is 0. The topological polar surface area (TPSA) is 90.0 Å². The van der Waals surface area contributed by atoms with Crippen molar-refractivity contribution in [1.29, 1.82) is 0 Å². The summed E-state index contributed by atoms with van der Waals surface area (Å²) in [6.45, 7) is 3.04. The van der Waals surface area contributed by atoms with Crippen LogP contribution in [0, 0.1) is 5.41 Å². The maximum atomic E-state index is 12.8. The number of esters is 1. The van der Waals surface area contributed by atoms with Gasteiger partial charge in [0.25, 0.3) is 5.91 Å². The van der Waals surface area contributed by atoms with Crippen LogP contribution >= 0.6 is 11.6 Å². The van der Waals surface area contributed by atoms with Gasteiger partial charge in [-0.25, -0.2) is 9.59 Å². The molecule has 1 fully saturated rings. The first-order valence-corrected chi connectivity index (χ1v) is 9.48. The number of benzene rings is 1. The number of hydrogen-bond donors (Lipinski definition) is 0. The van der Waals surface area contributed by atoms with E-state index in [-0.39, 0.29) is 13.2 Å². The van der Waals surface area contributed by atoms with Crippen molar-refractivity contribution >= 4 is 34.7 Å². The van der Waals surface area contributed by atoms with Crippen molar-refractivity contribution < 1.29 is 28.7 Å². The number of nitrogens with zero attached hydrogens (tertiary/aromatic N) is 1. The zero-order chi connectivity index (χ0) is 20.7. The van der Waals surface area contributed by atoms with Gasteiger partial charge in [-0.3, -0.25) is 9.59 Å². The largest absolute Gasteiger partial charge is 0.459 e. The smallest absolute Gasteiger partial charge is 0.403 e. The molecule has 1 heterocycles. The number of amides is 1. The third-order valence-corrected chi connectivity index (χ3v) is 4.72. The molecule has 0 N–H and O–H groups in total. The molecular formula is C20H24ClNO6. The van der Waals surface area contributed by atoms with Gasteiger partial charge in [0.1, 0.15) is 19.3 Å². The lowest BCUT2D eigenvalue weighted by Crippen LogP contribution is -2.53. The number of carbonyl (C=O) groups is 4. The third kappa shape index (κ3) is 5.79. The van der Waals surface area contributed by atoms with Gasteiger partial charge in [-0.15, -0.1) is 0 Å².